The highest BCUT2D eigenvalue weighted by atomic mass is 16.4. The van der Waals surface area contributed by atoms with Crippen molar-refractivity contribution in [1.29, 1.82) is 0 Å². The normalized spacial score (nSPS) is 15.0. The number of carbonyl (C=O) groups excluding carboxylic acids is 3. The van der Waals surface area contributed by atoms with Gasteiger partial charge in [0.2, 0.25) is 17.7 Å². The maximum absolute atomic E-state index is 13.7. The number of amides is 3. The molecule has 0 fully saturated rings. The number of hydrogen-bond acceptors (Lipinski definition) is 5. The predicted octanol–water partition coefficient (Wildman–Crippen LogP) is 3.00. The topological polar surface area (TPSA) is 182 Å². The lowest BCUT2D eigenvalue weighted by atomic mass is 9.97. The van der Waals surface area contributed by atoms with Crippen molar-refractivity contribution < 1.29 is 24.3 Å². The summed E-state index contributed by atoms with van der Waals surface area (Å²) in [5.41, 5.74) is 9.76. The van der Waals surface area contributed by atoms with Crippen LogP contribution in [0.25, 0.3) is 21.8 Å². The molecule has 0 radical (unpaired) electrons. The quantitative estimate of drug-likeness (QED) is 0.116. The Morgan fingerprint density at radius 1 is 0.750 bits per heavy atom. The van der Waals surface area contributed by atoms with Gasteiger partial charge in [0.1, 0.15) is 18.1 Å². The Labute approximate surface area is 256 Å². The molecule has 5 atom stereocenters. The molecule has 11 heteroatoms. The molecule has 8 N–H and O–H groups in total. The molecule has 4 aromatic rings. The molecule has 0 saturated heterocycles. The molecule has 0 aliphatic rings. The van der Waals surface area contributed by atoms with Gasteiger partial charge in [0.15, 0.2) is 0 Å². The smallest absolute Gasteiger partial charge is 0.326 e. The molecule has 44 heavy (non-hydrogen) atoms. The molecule has 2 aromatic heterocycles. The zero-order chi connectivity index (χ0) is 32.0. The van der Waals surface area contributed by atoms with E-state index in [-0.39, 0.29) is 24.7 Å². The monoisotopic (exact) mass is 602 g/mol. The third-order valence-electron chi connectivity index (χ3n) is 8.21. The highest BCUT2D eigenvalue weighted by Crippen LogP contribution is 2.21. The standard InChI is InChI=1S/C33H42N6O5/c1-5-19(4)29(33(43)44)39-31(41)27(15-21-17-36-26-13-9-7-11-23(21)26)37-32(42)28(18(2)3)38-30(40)24(34)14-20-16-35-25-12-8-6-10-22(20)25/h6-13,16-19,24,27-29,35-36H,5,14-15,34H2,1-4H3,(H,37,42)(H,38,40)(H,39,41)(H,43,44). The van der Waals surface area contributed by atoms with Crippen LogP contribution in [0.5, 0.6) is 0 Å². The van der Waals surface area contributed by atoms with E-state index < -0.39 is 47.9 Å². The Morgan fingerprint density at radius 2 is 1.27 bits per heavy atom. The third kappa shape index (κ3) is 7.46. The highest BCUT2D eigenvalue weighted by Gasteiger charge is 2.33. The average Bonchev–Trinajstić information content (AvgIpc) is 3.61. The average molecular weight is 603 g/mol. The molecule has 2 heterocycles. The zero-order valence-corrected chi connectivity index (χ0v) is 25.5. The second-order valence-electron chi connectivity index (χ2n) is 11.7. The van der Waals surface area contributed by atoms with Gasteiger partial charge in [0.25, 0.3) is 0 Å². The van der Waals surface area contributed by atoms with Gasteiger partial charge < -0.3 is 36.8 Å². The fourth-order valence-corrected chi connectivity index (χ4v) is 5.35. The van der Waals surface area contributed by atoms with E-state index in [0.29, 0.717) is 6.42 Å². The van der Waals surface area contributed by atoms with E-state index in [1.54, 1.807) is 27.0 Å². The lowest BCUT2D eigenvalue weighted by Gasteiger charge is -2.28. The lowest BCUT2D eigenvalue weighted by Crippen LogP contribution is -2.59. The molecule has 0 aliphatic carbocycles. The summed E-state index contributed by atoms with van der Waals surface area (Å²) in [5, 5.41) is 19.8. The van der Waals surface area contributed by atoms with Crippen LogP contribution in [0, 0.1) is 11.8 Å². The Morgan fingerprint density at radius 3 is 1.80 bits per heavy atom. The van der Waals surface area contributed by atoms with E-state index in [0.717, 1.165) is 32.9 Å². The summed E-state index contributed by atoms with van der Waals surface area (Å²) in [6.07, 6.45) is 4.50. The second-order valence-corrected chi connectivity index (χ2v) is 11.7. The molecular weight excluding hydrogens is 560 g/mol. The van der Waals surface area contributed by atoms with Gasteiger partial charge in [-0.1, -0.05) is 70.5 Å². The number of aromatic amines is 2. The Bertz CT molecular complexity index is 1620. The van der Waals surface area contributed by atoms with Crippen molar-refractivity contribution in [2.24, 2.45) is 17.6 Å². The van der Waals surface area contributed by atoms with Crippen molar-refractivity contribution in [3.63, 3.8) is 0 Å². The van der Waals surface area contributed by atoms with E-state index in [9.17, 15) is 24.3 Å². The summed E-state index contributed by atoms with van der Waals surface area (Å²) >= 11 is 0. The van der Waals surface area contributed by atoms with Crippen molar-refractivity contribution in [1.82, 2.24) is 25.9 Å². The lowest BCUT2D eigenvalue weighted by molar-refractivity contribution is -0.143. The van der Waals surface area contributed by atoms with Crippen LogP contribution in [-0.2, 0) is 32.0 Å². The van der Waals surface area contributed by atoms with Gasteiger partial charge in [0, 0.05) is 40.6 Å². The number of aromatic nitrogens is 2. The number of aliphatic carboxylic acids is 1. The van der Waals surface area contributed by atoms with Crippen LogP contribution in [0.15, 0.2) is 60.9 Å². The number of nitrogens with two attached hydrogens (primary N) is 1. The Balaban J connectivity index is 1.52. The van der Waals surface area contributed by atoms with E-state index >= 15 is 0 Å². The molecule has 0 spiro atoms. The molecule has 5 unspecified atom stereocenters. The van der Waals surface area contributed by atoms with Crippen molar-refractivity contribution in [3.05, 3.63) is 72.1 Å². The first kappa shape index (κ1) is 32.3. The fraction of sp³-hybridized carbons (Fsp3) is 0.394. The molecule has 2 aromatic carbocycles. The molecule has 0 saturated carbocycles. The van der Waals surface area contributed by atoms with E-state index in [1.165, 1.54) is 0 Å². The first-order valence-electron chi connectivity index (χ1n) is 15.0. The number of carboxylic acids is 1. The number of H-pyrrole nitrogens is 2. The van der Waals surface area contributed by atoms with Gasteiger partial charge in [-0.25, -0.2) is 4.79 Å². The zero-order valence-electron chi connectivity index (χ0n) is 25.5. The minimum atomic E-state index is -1.15. The molecular formula is C33H42N6O5. The SMILES string of the molecule is CCC(C)C(NC(=O)C(Cc1c[nH]c2ccccc12)NC(=O)C(NC(=O)C(N)Cc1c[nH]c2ccccc12)C(C)C)C(=O)O. The maximum Gasteiger partial charge on any atom is 0.326 e. The molecule has 0 aliphatic heterocycles. The molecule has 0 bridgehead atoms. The predicted molar refractivity (Wildman–Crippen MR) is 170 cm³/mol. The summed E-state index contributed by atoms with van der Waals surface area (Å²) in [5.74, 6) is -3.50. The number of rotatable bonds is 14. The maximum atomic E-state index is 13.7. The highest BCUT2D eigenvalue weighted by molar-refractivity contribution is 5.95. The first-order chi connectivity index (χ1) is 21.0. The molecule has 234 valence electrons. The van der Waals surface area contributed by atoms with Gasteiger partial charge in [-0.05, 0) is 41.5 Å². The Kier molecular flexibility index (Phi) is 10.4. The van der Waals surface area contributed by atoms with Crippen molar-refractivity contribution in [2.45, 2.75) is 71.1 Å². The Hall–Kier alpha value is -4.64. The summed E-state index contributed by atoms with van der Waals surface area (Å²) in [7, 11) is 0. The summed E-state index contributed by atoms with van der Waals surface area (Å²) in [6, 6.07) is 11.2. The number of carboxylic acid groups (broad SMARTS) is 1. The minimum absolute atomic E-state index is 0.104. The summed E-state index contributed by atoms with van der Waals surface area (Å²) in [4.78, 5) is 58.8. The molecule has 3 amide bonds. The van der Waals surface area contributed by atoms with E-state index in [2.05, 4.69) is 25.9 Å². The van der Waals surface area contributed by atoms with Gasteiger partial charge >= 0.3 is 5.97 Å². The fourth-order valence-electron chi connectivity index (χ4n) is 5.35. The molecule has 4 rings (SSSR count). The number of benzene rings is 2. The van der Waals surface area contributed by atoms with Crippen LogP contribution in [0.1, 0.15) is 45.2 Å². The molecule has 11 nitrogen and oxygen atoms in total. The van der Waals surface area contributed by atoms with E-state index in [1.807, 2.05) is 61.7 Å². The van der Waals surface area contributed by atoms with Crippen LogP contribution in [0.4, 0.5) is 0 Å². The van der Waals surface area contributed by atoms with Crippen LogP contribution in [0.3, 0.4) is 0 Å². The van der Waals surface area contributed by atoms with Gasteiger partial charge in [-0.2, -0.15) is 0 Å². The van der Waals surface area contributed by atoms with Crippen molar-refractivity contribution >= 4 is 45.5 Å². The third-order valence-corrected chi connectivity index (χ3v) is 8.21. The minimum Gasteiger partial charge on any atom is -0.480 e. The van der Waals surface area contributed by atoms with E-state index in [4.69, 9.17) is 5.73 Å². The van der Waals surface area contributed by atoms with Crippen LogP contribution in [-0.4, -0.2) is 62.9 Å². The summed E-state index contributed by atoms with van der Waals surface area (Å²) < 4.78 is 0. The van der Waals surface area contributed by atoms with Crippen molar-refractivity contribution in [3.8, 4) is 0 Å². The number of hydrogen-bond donors (Lipinski definition) is 7. The summed E-state index contributed by atoms with van der Waals surface area (Å²) in [6.45, 7) is 7.16. The number of para-hydroxylation sites is 2. The van der Waals surface area contributed by atoms with Gasteiger partial charge in [-0.3, -0.25) is 14.4 Å². The largest absolute Gasteiger partial charge is 0.480 e. The number of fused-ring (bicyclic) bond motifs is 2. The second kappa shape index (κ2) is 14.2. The van der Waals surface area contributed by atoms with Crippen LogP contribution < -0.4 is 21.7 Å². The van der Waals surface area contributed by atoms with Crippen LogP contribution >= 0.6 is 0 Å². The number of carbonyl (C=O) groups is 4. The van der Waals surface area contributed by atoms with Gasteiger partial charge in [0.05, 0.1) is 6.04 Å². The number of nitrogens with one attached hydrogen (secondary N) is 5. The van der Waals surface area contributed by atoms with Crippen molar-refractivity contribution in [2.75, 3.05) is 0 Å². The first-order valence-corrected chi connectivity index (χ1v) is 15.0. The van der Waals surface area contributed by atoms with Gasteiger partial charge in [-0.15, -0.1) is 0 Å². The van der Waals surface area contributed by atoms with Crippen LogP contribution in [0.2, 0.25) is 0 Å².